The lowest BCUT2D eigenvalue weighted by Crippen LogP contribution is -2.58. The van der Waals surface area contributed by atoms with Crippen molar-refractivity contribution in [2.24, 2.45) is 0 Å². The quantitative estimate of drug-likeness (QED) is 0.0936. The van der Waals surface area contributed by atoms with E-state index in [1.165, 1.54) is 43.9 Å². The van der Waals surface area contributed by atoms with E-state index in [0.717, 1.165) is 25.7 Å². The fourth-order valence-corrected chi connectivity index (χ4v) is 4.61. The molecule has 2 heterocycles. The van der Waals surface area contributed by atoms with Crippen LogP contribution in [0.1, 0.15) is 102 Å². The second-order valence-electron chi connectivity index (χ2n) is 11.1. The Kier molecular flexibility index (Phi) is 19.1. The molecule has 1 aromatic carbocycles. The topological polar surface area (TPSA) is 171 Å². The van der Waals surface area contributed by atoms with Crippen molar-refractivity contribution >= 4 is 47.2 Å². The van der Waals surface area contributed by atoms with Gasteiger partial charge in [-0.2, -0.15) is 0 Å². The summed E-state index contributed by atoms with van der Waals surface area (Å²) in [7, 11) is 0. The second kappa shape index (κ2) is 22.2. The van der Waals surface area contributed by atoms with Crippen LogP contribution in [0.25, 0.3) is 0 Å². The van der Waals surface area contributed by atoms with Crippen molar-refractivity contribution in [2.45, 2.75) is 104 Å². The number of amides is 4. The smallest absolute Gasteiger partial charge is 0.251 e. The third-order valence-corrected chi connectivity index (χ3v) is 7.49. The molecule has 2 atom stereocenters. The summed E-state index contributed by atoms with van der Waals surface area (Å²) in [6.45, 7) is 12.4. The Bertz CT molecular complexity index is 1210. The first-order valence-corrected chi connectivity index (χ1v) is 16.2. The number of nitrogens with zero attached hydrogens (tertiary/aromatic N) is 1. The number of ketones is 3. The molecule has 2 unspecified atom stereocenters. The maximum absolute atomic E-state index is 12.9. The first kappa shape index (κ1) is 39.7. The predicted molar refractivity (Wildman–Crippen MR) is 177 cm³/mol. The average Bonchev–Trinajstić information content (AvgIpc) is 3.08. The van der Waals surface area contributed by atoms with Crippen LogP contribution >= 0.6 is 0 Å². The minimum atomic E-state index is -1.82. The van der Waals surface area contributed by atoms with E-state index in [0.29, 0.717) is 37.3 Å². The molecule has 2 saturated heterocycles. The van der Waals surface area contributed by atoms with Crippen LogP contribution in [0.3, 0.4) is 0 Å². The number of nitrogens with one attached hydrogen (secondary N) is 4. The molecular weight excluding hydrogens is 590 g/mol. The van der Waals surface area contributed by atoms with Crippen LogP contribution < -0.4 is 21.3 Å². The van der Waals surface area contributed by atoms with Gasteiger partial charge in [0.15, 0.2) is 6.04 Å². The van der Waals surface area contributed by atoms with Gasteiger partial charge in [-0.1, -0.05) is 72.1 Å². The zero-order valence-electron chi connectivity index (χ0n) is 27.7. The number of unbranched alkanes of at least 4 members (excludes halogenated alkanes) is 3. The highest BCUT2D eigenvalue weighted by atomic mass is 16.2. The van der Waals surface area contributed by atoms with E-state index in [4.69, 9.17) is 0 Å². The summed E-state index contributed by atoms with van der Waals surface area (Å²) >= 11 is 0. The van der Waals surface area contributed by atoms with Crippen LogP contribution in [-0.4, -0.2) is 78.1 Å². The number of carbonyl (C=O) groups excluding carboxylic acids is 7. The monoisotopic (exact) mass is 641 g/mol. The van der Waals surface area contributed by atoms with Crippen LogP contribution in [0.4, 0.5) is 5.69 Å². The van der Waals surface area contributed by atoms with Gasteiger partial charge < -0.3 is 26.2 Å². The molecule has 254 valence electrons. The van der Waals surface area contributed by atoms with Crippen LogP contribution in [0.5, 0.6) is 0 Å². The summed E-state index contributed by atoms with van der Waals surface area (Å²) < 4.78 is 0. The molecule has 4 N–H and O–H groups in total. The predicted octanol–water partition coefficient (Wildman–Crippen LogP) is 3.46. The zero-order chi connectivity index (χ0) is 34.5. The lowest BCUT2D eigenvalue weighted by molar-refractivity contribution is -0.135. The van der Waals surface area contributed by atoms with Gasteiger partial charge in [0, 0.05) is 30.6 Å². The Labute approximate surface area is 272 Å². The van der Waals surface area contributed by atoms with Crippen molar-refractivity contribution in [1.82, 2.24) is 20.9 Å². The maximum Gasteiger partial charge on any atom is 0.251 e. The molecule has 2 aliphatic heterocycles. The number of piperidine rings is 1. The van der Waals surface area contributed by atoms with Crippen molar-refractivity contribution < 1.29 is 33.6 Å². The molecule has 1 aromatic rings. The zero-order valence-corrected chi connectivity index (χ0v) is 27.7. The molecule has 0 saturated carbocycles. The third-order valence-electron chi connectivity index (χ3n) is 7.49. The lowest BCUT2D eigenvalue weighted by Gasteiger charge is -2.38. The highest BCUT2D eigenvalue weighted by Gasteiger charge is 2.36. The molecule has 0 aromatic heterocycles. The fourth-order valence-electron chi connectivity index (χ4n) is 4.61. The van der Waals surface area contributed by atoms with Gasteiger partial charge in [-0.25, -0.2) is 0 Å². The standard InChI is InChI=1S/C22H25N5O6.C8H16O.C4H10/c1-13-10-23-22(33)18(20(31)19(30)14-6-2-3-7-15(14)25-12-28)26-17(29)11-24-21(32)16-8-4-5-9-27(13)16;1-3-5-6-7-8(9)4-2;1-3-4-2/h2-3,6-7,12,16,18H,1,4-5,8-11H2,(H,23,33)(H,24,32)(H,25,28)(H,26,29);3-7H2,1-2H3;3-4H2,1-2H3. The molecule has 12 nitrogen and oxygen atoms in total. The molecule has 46 heavy (non-hydrogen) atoms. The van der Waals surface area contributed by atoms with Gasteiger partial charge in [0.25, 0.3) is 5.91 Å². The summed E-state index contributed by atoms with van der Waals surface area (Å²) in [5, 5.41) is 9.59. The van der Waals surface area contributed by atoms with Crippen molar-refractivity contribution in [3.8, 4) is 0 Å². The van der Waals surface area contributed by atoms with Gasteiger partial charge in [0.1, 0.15) is 11.8 Å². The van der Waals surface area contributed by atoms with Crippen molar-refractivity contribution in [1.29, 1.82) is 0 Å². The van der Waals surface area contributed by atoms with E-state index in [2.05, 4.69) is 48.6 Å². The first-order valence-electron chi connectivity index (χ1n) is 16.2. The van der Waals surface area contributed by atoms with Crippen LogP contribution in [0, 0.1) is 0 Å². The number of carbonyl (C=O) groups is 7. The van der Waals surface area contributed by atoms with Gasteiger partial charge in [0.05, 0.1) is 18.8 Å². The van der Waals surface area contributed by atoms with E-state index < -0.39 is 42.0 Å². The van der Waals surface area contributed by atoms with Gasteiger partial charge in [0.2, 0.25) is 29.8 Å². The highest BCUT2D eigenvalue weighted by Crippen LogP contribution is 2.21. The normalized spacial score (nSPS) is 18.2. The molecule has 0 bridgehead atoms. The number of fused-ring (bicyclic) bond motifs is 1. The van der Waals surface area contributed by atoms with Crippen molar-refractivity contribution in [3.05, 3.63) is 42.1 Å². The summed E-state index contributed by atoms with van der Waals surface area (Å²) in [5.41, 5.74) is 0.437. The van der Waals surface area contributed by atoms with Crippen LogP contribution in [0.15, 0.2) is 36.5 Å². The lowest BCUT2D eigenvalue weighted by atomic mass is 9.99. The summed E-state index contributed by atoms with van der Waals surface area (Å²) in [5.74, 6) is -3.89. The minimum absolute atomic E-state index is 0.0697. The Morgan fingerprint density at radius 2 is 1.61 bits per heavy atom. The molecule has 3 rings (SSSR count). The maximum atomic E-state index is 12.9. The SMILES string of the molecule is C=C1CNC(=O)C(C(=O)C(=O)c2ccccc2NC=O)NC(=O)CNC(=O)C2CCCCN12.CCCC.CCCCCC(=O)CC. The number of benzene rings is 1. The van der Waals surface area contributed by atoms with Gasteiger partial charge in [-0.3, -0.25) is 33.6 Å². The Balaban J connectivity index is 0.000000685. The molecule has 2 aliphatic rings. The van der Waals surface area contributed by atoms with E-state index in [9.17, 15) is 33.6 Å². The fraction of sp³-hybridized carbons (Fsp3) is 0.559. The van der Waals surface area contributed by atoms with E-state index in [-0.39, 0.29) is 23.7 Å². The first-order chi connectivity index (χ1) is 22.1. The number of hydrogen-bond donors (Lipinski definition) is 4. The van der Waals surface area contributed by atoms with Gasteiger partial charge in [-0.15, -0.1) is 0 Å². The summed E-state index contributed by atoms with van der Waals surface area (Å²) in [6.07, 6.45) is 10.3. The molecule has 0 radical (unpaired) electrons. The van der Waals surface area contributed by atoms with Crippen LogP contribution in [-0.2, 0) is 28.8 Å². The summed E-state index contributed by atoms with van der Waals surface area (Å²) in [6, 6.07) is 3.46. The molecule has 0 aliphatic carbocycles. The van der Waals surface area contributed by atoms with E-state index >= 15 is 0 Å². The number of anilines is 1. The second-order valence-corrected chi connectivity index (χ2v) is 11.1. The average molecular weight is 642 g/mol. The summed E-state index contributed by atoms with van der Waals surface area (Å²) in [4.78, 5) is 86.9. The van der Waals surface area contributed by atoms with Crippen molar-refractivity contribution in [2.75, 3.05) is 25.0 Å². The minimum Gasteiger partial charge on any atom is -0.362 e. The van der Waals surface area contributed by atoms with Gasteiger partial charge in [-0.05, 0) is 37.8 Å². The number of rotatable bonds is 11. The van der Waals surface area contributed by atoms with Crippen LogP contribution in [0.2, 0.25) is 0 Å². The Hall–Kier alpha value is -4.35. The third kappa shape index (κ3) is 13.3. The van der Waals surface area contributed by atoms with E-state index in [1.807, 2.05) is 6.92 Å². The Morgan fingerprint density at radius 3 is 2.24 bits per heavy atom. The molecular formula is C34H51N5O7. The molecule has 12 heteroatoms. The van der Waals surface area contributed by atoms with Crippen molar-refractivity contribution in [3.63, 3.8) is 0 Å². The van der Waals surface area contributed by atoms with Gasteiger partial charge >= 0.3 is 0 Å². The molecule has 2 fully saturated rings. The number of para-hydroxylation sites is 1. The highest BCUT2D eigenvalue weighted by molar-refractivity contribution is 6.49. The Morgan fingerprint density at radius 1 is 0.935 bits per heavy atom. The number of hydrogen-bond acceptors (Lipinski definition) is 8. The number of Topliss-reactive ketones (excluding diaryl/α,β-unsaturated/α-hetero) is 3. The molecule has 4 amide bonds. The largest absolute Gasteiger partial charge is 0.362 e. The molecule has 0 spiro atoms. The van der Waals surface area contributed by atoms with E-state index in [1.54, 1.807) is 11.0 Å².